The van der Waals surface area contributed by atoms with Crippen LogP contribution in [0, 0.1) is 21.7 Å². The molecule has 0 aliphatic rings. The third-order valence-corrected chi connectivity index (χ3v) is 2.01. The fourth-order valence-electron chi connectivity index (χ4n) is 1.24. The van der Waals surface area contributed by atoms with Crippen LogP contribution in [0.2, 0.25) is 0 Å². The Labute approximate surface area is 105 Å². The average Bonchev–Trinajstić information content (AvgIpc) is 2.30. The number of nitrogens with one attached hydrogen (secondary N) is 1. The van der Waals surface area contributed by atoms with Gasteiger partial charge in [-0.15, -0.1) is 0 Å². The van der Waals surface area contributed by atoms with Crippen LogP contribution in [-0.2, 0) is 9.53 Å². The number of hydrogen-bond acceptors (Lipinski definition) is 5. The molecule has 2 N–H and O–H groups in total. The summed E-state index contributed by atoms with van der Waals surface area (Å²) in [5, 5.41) is 21.0. The minimum Gasteiger partial charge on any atom is -0.480 e. The second-order valence-corrected chi connectivity index (χ2v) is 3.41. The number of hydrogen-bond donors (Lipinski definition) is 2. The highest BCUT2D eigenvalue weighted by molar-refractivity contribution is 5.68. The maximum atomic E-state index is 13.4. The number of carboxylic acids is 1. The quantitative estimate of drug-likeness (QED) is 0.443. The van der Waals surface area contributed by atoms with Crippen LogP contribution in [0.5, 0.6) is 0 Å². The van der Waals surface area contributed by atoms with Crippen molar-refractivity contribution in [1.82, 2.24) is 0 Å². The topological polar surface area (TPSA) is 102 Å². The molecule has 0 aliphatic heterocycles. The molecule has 0 radical (unpaired) electrons. The summed E-state index contributed by atoms with van der Waals surface area (Å²) in [6.07, 6.45) is 0. The van der Waals surface area contributed by atoms with Crippen molar-refractivity contribution in [2.24, 2.45) is 0 Å². The highest BCUT2D eigenvalue weighted by Gasteiger charge is 2.16. The lowest BCUT2D eigenvalue weighted by Crippen LogP contribution is -2.15. The highest BCUT2D eigenvalue weighted by atomic mass is 19.1. The van der Waals surface area contributed by atoms with Crippen molar-refractivity contribution in [1.29, 1.82) is 0 Å². The van der Waals surface area contributed by atoms with Gasteiger partial charge in [-0.25, -0.2) is 13.6 Å². The molecular formula is C10H10F2N2O5. The Hall–Kier alpha value is -2.29. The number of anilines is 1. The number of aliphatic carboxylic acids is 1. The van der Waals surface area contributed by atoms with Crippen molar-refractivity contribution in [3.63, 3.8) is 0 Å². The number of nitro groups is 1. The third kappa shape index (κ3) is 4.47. The minimum absolute atomic E-state index is 0.0427. The second kappa shape index (κ2) is 6.59. The zero-order chi connectivity index (χ0) is 14.4. The van der Waals surface area contributed by atoms with E-state index in [-0.39, 0.29) is 13.2 Å². The second-order valence-electron chi connectivity index (χ2n) is 3.41. The molecule has 0 bridgehead atoms. The smallest absolute Gasteiger partial charge is 0.329 e. The molecule has 1 rings (SSSR count). The van der Waals surface area contributed by atoms with Crippen molar-refractivity contribution in [2.75, 3.05) is 25.1 Å². The molecule has 19 heavy (non-hydrogen) atoms. The van der Waals surface area contributed by atoms with Crippen molar-refractivity contribution in [3.8, 4) is 0 Å². The Balaban J connectivity index is 2.59. The average molecular weight is 276 g/mol. The molecule has 7 nitrogen and oxygen atoms in total. The summed E-state index contributed by atoms with van der Waals surface area (Å²) < 4.78 is 31.4. The van der Waals surface area contributed by atoms with Crippen LogP contribution < -0.4 is 5.32 Å². The Morgan fingerprint density at radius 1 is 1.42 bits per heavy atom. The number of rotatable bonds is 7. The number of nitro benzene ring substituents is 1. The molecule has 0 spiro atoms. The normalized spacial score (nSPS) is 10.2. The van der Waals surface area contributed by atoms with Gasteiger partial charge in [-0.2, -0.15) is 0 Å². The van der Waals surface area contributed by atoms with Gasteiger partial charge in [-0.1, -0.05) is 0 Å². The van der Waals surface area contributed by atoms with Crippen LogP contribution in [-0.4, -0.2) is 35.8 Å². The van der Waals surface area contributed by atoms with E-state index in [9.17, 15) is 23.7 Å². The van der Waals surface area contributed by atoms with Gasteiger partial charge in [0.05, 0.1) is 23.7 Å². The molecule has 0 aliphatic carbocycles. The monoisotopic (exact) mass is 276 g/mol. The lowest BCUT2D eigenvalue weighted by atomic mass is 10.2. The SMILES string of the molecule is O=C(O)COCCNc1c(F)cc([N+](=O)[O-])cc1F. The standard InChI is InChI=1S/C10H10F2N2O5/c11-7-3-6(14(17)18)4-8(12)10(7)13-1-2-19-5-9(15)16/h3-4,13H,1-2,5H2,(H,15,16). The van der Waals surface area contributed by atoms with Crippen molar-refractivity contribution in [3.05, 3.63) is 33.9 Å². The summed E-state index contributed by atoms with van der Waals surface area (Å²) in [7, 11) is 0. The van der Waals surface area contributed by atoms with Crippen LogP contribution in [0.15, 0.2) is 12.1 Å². The lowest BCUT2D eigenvalue weighted by Gasteiger charge is -2.08. The molecule has 0 saturated heterocycles. The Bertz CT molecular complexity index is 472. The van der Waals surface area contributed by atoms with Gasteiger partial charge in [0.15, 0.2) is 11.6 Å². The summed E-state index contributed by atoms with van der Waals surface area (Å²) in [4.78, 5) is 19.6. The van der Waals surface area contributed by atoms with Gasteiger partial charge in [0.2, 0.25) is 0 Å². The first kappa shape index (κ1) is 14.8. The van der Waals surface area contributed by atoms with Gasteiger partial charge < -0.3 is 15.2 Å². The van der Waals surface area contributed by atoms with Crippen LogP contribution in [0.4, 0.5) is 20.2 Å². The molecule has 9 heteroatoms. The Morgan fingerprint density at radius 3 is 2.47 bits per heavy atom. The number of carbonyl (C=O) groups is 1. The zero-order valence-corrected chi connectivity index (χ0v) is 9.56. The molecule has 0 aromatic heterocycles. The van der Waals surface area contributed by atoms with Crippen LogP contribution in [0.25, 0.3) is 0 Å². The molecule has 0 amide bonds. The fourth-order valence-corrected chi connectivity index (χ4v) is 1.24. The van der Waals surface area contributed by atoms with Crippen LogP contribution in [0.3, 0.4) is 0 Å². The predicted octanol–water partition coefficient (Wildman–Crippen LogP) is 1.39. The van der Waals surface area contributed by atoms with Gasteiger partial charge in [0.1, 0.15) is 12.3 Å². The Morgan fingerprint density at radius 2 is 2.00 bits per heavy atom. The molecule has 1 aromatic carbocycles. The van der Waals surface area contributed by atoms with E-state index in [1.165, 1.54) is 0 Å². The molecule has 0 unspecified atom stereocenters. The number of halogens is 2. The van der Waals surface area contributed by atoms with Gasteiger partial charge in [-0.05, 0) is 0 Å². The molecule has 1 aromatic rings. The van der Waals surface area contributed by atoms with E-state index < -0.39 is 40.5 Å². The van der Waals surface area contributed by atoms with E-state index in [0.717, 1.165) is 0 Å². The summed E-state index contributed by atoms with van der Waals surface area (Å²) in [6.45, 7) is -0.645. The number of nitrogens with zero attached hydrogens (tertiary/aromatic N) is 1. The molecule has 0 fully saturated rings. The summed E-state index contributed by atoms with van der Waals surface area (Å²) in [5.41, 5.74) is -1.22. The number of ether oxygens (including phenoxy) is 1. The maximum absolute atomic E-state index is 13.4. The van der Waals surface area contributed by atoms with Crippen LogP contribution in [0.1, 0.15) is 0 Å². The van der Waals surface area contributed by atoms with Crippen LogP contribution >= 0.6 is 0 Å². The first-order chi connectivity index (χ1) is 8.91. The molecule has 104 valence electrons. The van der Waals surface area contributed by atoms with E-state index >= 15 is 0 Å². The van der Waals surface area contributed by atoms with Gasteiger partial charge in [-0.3, -0.25) is 10.1 Å². The largest absolute Gasteiger partial charge is 0.480 e. The number of non-ortho nitro benzene ring substituents is 1. The summed E-state index contributed by atoms with van der Waals surface area (Å²) >= 11 is 0. The number of benzene rings is 1. The molecule has 0 atom stereocenters. The van der Waals surface area contributed by atoms with Gasteiger partial charge >= 0.3 is 5.97 Å². The summed E-state index contributed by atoms with van der Waals surface area (Å²) in [6, 6.07) is 1.17. The Kier molecular flexibility index (Phi) is 5.12. The van der Waals surface area contributed by atoms with Crippen molar-refractivity contribution in [2.45, 2.75) is 0 Å². The van der Waals surface area contributed by atoms with Gasteiger partial charge in [0, 0.05) is 6.54 Å². The fraction of sp³-hybridized carbons (Fsp3) is 0.300. The predicted molar refractivity (Wildman–Crippen MR) is 60.0 cm³/mol. The van der Waals surface area contributed by atoms with E-state index in [4.69, 9.17) is 5.11 Å². The van der Waals surface area contributed by atoms with Crippen molar-refractivity contribution >= 4 is 17.3 Å². The van der Waals surface area contributed by atoms with Crippen molar-refractivity contribution < 1.29 is 28.3 Å². The molecule has 0 saturated carbocycles. The lowest BCUT2D eigenvalue weighted by molar-refractivity contribution is -0.385. The number of carboxylic acid groups (broad SMARTS) is 1. The first-order valence-electron chi connectivity index (χ1n) is 5.08. The van der Waals surface area contributed by atoms with E-state index in [0.29, 0.717) is 12.1 Å². The van der Waals surface area contributed by atoms with E-state index in [2.05, 4.69) is 10.1 Å². The summed E-state index contributed by atoms with van der Waals surface area (Å²) in [5.74, 6) is -3.37. The zero-order valence-electron chi connectivity index (χ0n) is 9.56. The van der Waals surface area contributed by atoms with E-state index in [1.54, 1.807) is 0 Å². The maximum Gasteiger partial charge on any atom is 0.329 e. The minimum atomic E-state index is -1.16. The first-order valence-corrected chi connectivity index (χ1v) is 5.08. The molecular weight excluding hydrogens is 266 g/mol. The van der Waals surface area contributed by atoms with Gasteiger partial charge in [0.25, 0.3) is 5.69 Å². The van der Waals surface area contributed by atoms with E-state index in [1.807, 2.05) is 0 Å². The molecule has 0 heterocycles. The third-order valence-electron chi connectivity index (χ3n) is 2.01. The highest BCUT2D eigenvalue weighted by Crippen LogP contribution is 2.24.